The van der Waals surface area contributed by atoms with E-state index < -0.39 is 10.0 Å². The average molecular weight is 285 g/mol. The van der Waals surface area contributed by atoms with Gasteiger partial charge in [0.1, 0.15) is 0 Å². The molecule has 1 aromatic carbocycles. The molecule has 0 aromatic heterocycles. The van der Waals surface area contributed by atoms with Crippen molar-refractivity contribution in [3.8, 4) is 0 Å². The van der Waals surface area contributed by atoms with E-state index >= 15 is 0 Å². The molecule has 0 spiro atoms. The third-order valence-electron chi connectivity index (χ3n) is 3.38. The van der Waals surface area contributed by atoms with Crippen molar-refractivity contribution in [2.45, 2.75) is 24.8 Å². The summed E-state index contributed by atoms with van der Waals surface area (Å²) in [5, 5.41) is 9.07. The van der Waals surface area contributed by atoms with Crippen LogP contribution in [-0.2, 0) is 27.1 Å². The molecule has 106 valence electrons. The van der Waals surface area contributed by atoms with Crippen LogP contribution in [0.5, 0.6) is 0 Å². The molecule has 1 heterocycles. The molecule has 0 amide bonds. The third-order valence-corrected chi connectivity index (χ3v) is 5.26. The summed E-state index contributed by atoms with van der Waals surface area (Å²) >= 11 is 0. The zero-order valence-corrected chi connectivity index (χ0v) is 11.8. The first-order valence-electron chi connectivity index (χ1n) is 6.25. The smallest absolute Gasteiger partial charge is 0.218 e. The van der Waals surface area contributed by atoms with Gasteiger partial charge in [0, 0.05) is 13.7 Å². The topological polar surface area (TPSA) is 66.8 Å². The van der Waals surface area contributed by atoms with Crippen LogP contribution in [0, 0.1) is 0 Å². The van der Waals surface area contributed by atoms with Crippen LogP contribution >= 0.6 is 0 Å². The lowest BCUT2D eigenvalue weighted by Crippen LogP contribution is -2.38. The zero-order valence-electron chi connectivity index (χ0n) is 10.9. The van der Waals surface area contributed by atoms with Crippen molar-refractivity contribution in [1.29, 1.82) is 0 Å². The Bertz CT molecular complexity index is 523. The first-order chi connectivity index (χ1) is 9.03. The lowest BCUT2D eigenvalue weighted by atomic mass is 10.1. The van der Waals surface area contributed by atoms with Gasteiger partial charge in [-0.25, -0.2) is 8.42 Å². The summed E-state index contributed by atoms with van der Waals surface area (Å²) in [4.78, 5) is 0. The number of aliphatic hydroxyl groups is 1. The fourth-order valence-corrected chi connectivity index (χ4v) is 3.59. The molecule has 1 saturated heterocycles. The molecule has 0 aliphatic carbocycles. The van der Waals surface area contributed by atoms with E-state index in [2.05, 4.69) is 0 Å². The summed E-state index contributed by atoms with van der Waals surface area (Å²) in [6.07, 6.45) is 0.742. The maximum atomic E-state index is 12.3. The number of hydrogen-bond acceptors (Lipinski definition) is 4. The van der Waals surface area contributed by atoms with Crippen LogP contribution in [0.15, 0.2) is 24.3 Å². The van der Waals surface area contributed by atoms with E-state index in [1.54, 1.807) is 31.3 Å². The maximum absolute atomic E-state index is 12.3. The molecule has 0 bridgehead atoms. The van der Waals surface area contributed by atoms with Crippen molar-refractivity contribution in [2.75, 3.05) is 20.3 Å². The lowest BCUT2D eigenvalue weighted by Gasteiger charge is -2.22. The number of hydrogen-bond donors (Lipinski definition) is 1. The Kier molecular flexibility index (Phi) is 4.57. The van der Waals surface area contributed by atoms with Gasteiger partial charge in [-0.1, -0.05) is 24.3 Å². The van der Waals surface area contributed by atoms with E-state index in [1.165, 1.54) is 4.31 Å². The van der Waals surface area contributed by atoms with Gasteiger partial charge in [-0.15, -0.1) is 0 Å². The summed E-state index contributed by atoms with van der Waals surface area (Å²) in [6, 6.07) is 6.94. The Morgan fingerprint density at radius 1 is 1.42 bits per heavy atom. The fraction of sp³-hybridized carbons (Fsp3) is 0.538. The molecule has 2 rings (SSSR count). The Hall–Kier alpha value is -0.950. The van der Waals surface area contributed by atoms with Gasteiger partial charge in [-0.2, -0.15) is 4.31 Å². The minimum Gasteiger partial charge on any atom is -0.392 e. The van der Waals surface area contributed by atoms with Crippen LogP contribution in [0.1, 0.15) is 17.5 Å². The second-order valence-corrected chi connectivity index (χ2v) is 6.80. The van der Waals surface area contributed by atoms with Crippen molar-refractivity contribution in [1.82, 2.24) is 4.31 Å². The van der Waals surface area contributed by atoms with Crippen LogP contribution in [0.2, 0.25) is 0 Å². The molecular weight excluding hydrogens is 266 g/mol. The molecule has 0 saturated carbocycles. The number of benzene rings is 1. The Morgan fingerprint density at radius 3 is 2.79 bits per heavy atom. The SMILES string of the molecule is CN(C1CCOC1)S(=O)(=O)Cc1cccc(CO)c1. The number of likely N-dealkylation sites (N-methyl/N-ethyl adjacent to an activating group) is 1. The Morgan fingerprint density at radius 2 is 2.16 bits per heavy atom. The van der Waals surface area contributed by atoms with Gasteiger partial charge in [0.25, 0.3) is 0 Å². The van der Waals surface area contributed by atoms with Crippen molar-refractivity contribution in [3.05, 3.63) is 35.4 Å². The van der Waals surface area contributed by atoms with Crippen LogP contribution in [0.25, 0.3) is 0 Å². The summed E-state index contributed by atoms with van der Waals surface area (Å²) < 4.78 is 31.2. The highest BCUT2D eigenvalue weighted by atomic mass is 32.2. The van der Waals surface area contributed by atoms with Gasteiger partial charge >= 0.3 is 0 Å². The molecule has 1 fully saturated rings. The largest absolute Gasteiger partial charge is 0.392 e. The summed E-state index contributed by atoms with van der Waals surface area (Å²) in [5.74, 6) is -0.0478. The Labute approximate surface area is 113 Å². The number of ether oxygens (including phenoxy) is 1. The molecular formula is C13H19NO4S. The number of sulfonamides is 1. The van der Waals surface area contributed by atoms with E-state index in [-0.39, 0.29) is 18.4 Å². The monoisotopic (exact) mass is 285 g/mol. The highest BCUT2D eigenvalue weighted by Gasteiger charge is 2.29. The normalized spacial score (nSPS) is 20.1. The van der Waals surface area contributed by atoms with E-state index in [4.69, 9.17) is 9.84 Å². The highest BCUT2D eigenvalue weighted by molar-refractivity contribution is 7.88. The predicted molar refractivity (Wildman–Crippen MR) is 72.0 cm³/mol. The van der Waals surface area contributed by atoms with Crippen molar-refractivity contribution in [3.63, 3.8) is 0 Å². The maximum Gasteiger partial charge on any atom is 0.218 e. The van der Waals surface area contributed by atoms with Gasteiger partial charge in [0.2, 0.25) is 10.0 Å². The van der Waals surface area contributed by atoms with Crippen LogP contribution in [0.3, 0.4) is 0 Å². The van der Waals surface area contributed by atoms with Crippen LogP contribution < -0.4 is 0 Å². The molecule has 1 atom stereocenters. The van der Waals surface area contributed by atoms with Crippen molar-refractivity contribution >= 4 is 10.0 Å². The van der Waals surface area contributed by atoms with Gasteiger partial charge in [-0.05, 0) is 17.5 Å². The van der Waals surface area contributed by atoms with Crippen molar-refractivity contribution in [2.24, 2.45) is 0 Å². The molecule has 1 aliphatic heterocycles. The molecule has 1 unspecified atom stereocenters. The van der Waals surface area contributed by atoms with E-state index in [0.717, 1.165) is 12.0 Å². The number of aliphatic hydroxyl groups excluding tert-OH is 1. The predicted octanol–water partition coefficient (Wildman–Crippen LogP) is 0.729. The van der Waals surface area contributed by atoms with Gasteiger partial charge < -0.3 is 9.84 Å². The molecule has 1 aromatic rings. The molecule has 5 nitrogen and oxygen atoms in total. The van der Waals surface area contributed by atoms with Gasteiger partial charge in [-0.3, -0.25) is 0 Å². The quantitative estimate of drug-likeness (QED) is 0.866. The molecule has 1 N–H and O–H groups in total. The molecule has 0 radical (unpaired) electrons. The summed E-state index contributed by atoms with van der Waals surface area (Å²) in [5.41, 5.74) is 1.41. The second-order valence-electron chi connectivity index (χ2n) is 4.77. The third kappa shape index (κ3) is 3.54. The van der Waals surface area contributed by atoms with Gasteiger partial charge in [0.15, 0.2) is 0 Å². The molecule has 6 heteroatoms. The van der Waals surface area contributed by atoms with Gasteiger partial charge in [0.05, 0.1) is 25.0 Å². The van der Waals surface area contributed by atoms with Crippen LogP contribution in [-0.4, -0.2) is 44.1 Å². The second kappa shape index (κ2) is 6.00. The van der Waals surface area contributed by atoms with E-state index in [0.29, 0.717) is 18.8 Å². The standard InChI is InChI=1S/C13H19NO4S/c1-14(13-5-6-18-9-13)19(16,17)10-12-4-2-3-11(7-12)8-15/h2-4,7,13,15H,5-6,8-10H2,1H3. The highest BCUT2D eigenvalue weighted by Crippen LogP contribution is 2.18. The first kappa shape index (κ1) is 14.5. The summed E-state index contributed by atoms with van der Waals surface area (Å²) in [6.45, 7) is 0.997. The minimum absolute atomic E-state index is 0.0478. The fourth-order valence-electron chi connectivity index (χ4n) is 2.17. The Balaban J connectivity index is 2.11. The van der Waals surface area contributed by atoms with Crippen LogP contribution in [0.4, 0.5) is 0 Å². The number of nitrogens with zero attached hydrogens (tertiary/aromatic N) is 1. The summed E-state index contributed by atoms with van der Waals surface area (Å²) in [7, 11) is -1.75. The average Bonchev–Trinajstić information content (AvgIpc) is 2.91. The minimum atomic E-state index is -3.35. The van der Waals surface area contributed by atoms with E-state index in [1.807, 2.05) is 0 Å². The van der Waals surface area contributed by atoms with E-state index in [9.17, 15) is 8.42 Å². The zero-order chi connectivity index (χ0) is 13.9. The molecule has 19 heavy (non-hydrogen) atoms. The lowest BCUT2D eigenvalue weighted by molar-refractivity contribution is 0.181. The van der Waals surface area contributed by atoms with Crippen molar-refractivity contribution < 1.29 is 18.3 Å². The molecule has 1 aliphatic rings. The number of rotatable bonds is 5. The first-order valence-corrected chi connectivity index (χ1v) is 7.86.